The van der Waals surface area contributed by atoms with Crippen molar-refractivity contribution in [1.29, 1.82) is 0 Å². The maximum Gasteiger partial charge on any atom is 0.262 e. The molecule has 0 saturated heterocycles. The molecule has 3 nitrogen and oxygen atoms in total. The van der Waals surface area contributed by atoms with Crippen LogP contribution in [-0.2, 0) is 11.2 Å². The normalized spacial score (nSPS) is 21.4. The number of fused-ring (bicyclic) bond motifs is 3. The molecular formula is C30H31N2OS4+. The number of rotatable bonds is 5. The quantitative estimate of drug-likeness (QED) is 0.175. The first-order valence-corrected chi connectivity index (χ1v) is 16.2. The van der Waals surface area contributed by atoms with Gasteiger partial charge in [0.1, 0.15) is 11.7 Å². The predicted molar refractivity (Wildman–Crippen MR) is 163 cm³/mol. The molecule has 0 fully saturated rings. The van der Waals surface area contributed by atoms with Gasteiger partial charge in [0.2, 0.25) is 5.52 Å². The zero-order valence-electron chi connectivity index (χ0n) is 21.6. The molecule has 0 saturated carbocycles. The van der Waals surface area contributed by atoms with Crippen LogP contribution in [0.25, 0.3) is 16.3 Å². The van der Waals surface area contributed by atoms with Gasteiger partial charge in [-0.15, -0.1) is 11.8 Å². The summed E-state index contributed by atoms with van der Waals surface area (Å²) in [4.78, 5) is 6.08. The number of thioether (sulfide) groups is 2. The van der Waals surface area contributed by atoms with Crippen molar-refractivity contribution in [2.24, 2.45) is 13.0 Å². The van der Waals surface area contributed by atoms with Crippen LogP contribution < -0.4 is 9.47 Å². The lowest BCUT2D eigenvalue weighted by atomic mass is 9.77. The summed E-state index contributed by atoms with van der Waals surface area (Å²) in [5.41, 5.74) is 6.98. The van der Waals surface area contributed by atoms with Gasteiger partial charge >= 0.3 is 0 Å². The van der Waals surface area contributed by atoms with E-state index in [4.69, 9.17) is 4.18 Å². The minimum Gasteiger partial charge on any atom is -0.338 e. The van der Waals surface area contributed by atoms with Crippen molar-refractivity contribution in [1.82, 2.24) is 0 Å². The van der Waals surface area contributed by atoms with Crippen molar-refractivity contribution < 1.29 is 8.75 Å². The minimum atomic E-state index is 0.694. The Morgan fingerprint density at radius 2 is 1.89 bits per heavy atom. The highest BCUT2D eigenvalue weighted by Gasteiger charge is 2.26. The average Bonchev–Trinajstić information content (AvgIpc) is 3.39. The van der Waals surface area contributed by atoms with E-state index in [-0.39, 0.29) is 0 Å². The lowest BCUT2D eigenvalue weighted by Crippen LogP contribution is -2.29. The molecule has 3 aromatic rings. The Bertz CT molecular complexity index is 1500. The molecule has 37 heavy (non-hydrogen) atoms. The lowest BCUT2D eigenvalue weighted by molar-refractivity contribution is -0.642. The van der Waals surface area contributed by atoms with Gasteiger partial charge in [0, 0.05) is 45.9 Å². The molecule has 7 heteroatoms. The molecule has 2 aliphatic carbocycles. The smallest absolute Gasteiger partial charge is 0.262 e. The second-order valence-electron chi connectivity index (χ2n) is 9.71. The summed E-state index contributed by atoms with van der Waals surface area (Å²) in [5.74, 6) is 0.694. The molecule has 0 N–H and O–H groups in total. The van der Waals surface area contributed by atoms with E-state index in [0.29, 0.717) is 5.92 Å². The van der Waals surface area contributed by atoms with Gasteiger partial charge in [0.15, 0.2) is 0 Å². The molecule has 1 unspecified atom stereocenters. The van der Waals surface area contributed by atoms with Crippen LogP contribution in [0.2, 0.25) is 0 Å². The van der Waals surface area contributed by atoms with E-state index in [1.54, 1.807) is 18.9 Å². The molecule has 2 aromatic carbocycles. The fourth-order valence-electron chi connectivity index (χ4n) is 5.37. The summed E-state index contributed by atoms with van der Waals surface area (Å²) in [7, 11) is 6.09. The lowest BCUT2D eigenvalue weighted by Gasteiger charge is -2.28. The zero-order valence-corrected chi connectivity index (χ0v) is 24.9. The molecule has 3 aliphatic rings. The first kappa shape index (κ1) is 25.4. The average molecular weight is 564 g/mol. The van der Waals surface area contributed by atoms with Gasteiger partial charge in [-0.25, -0.2) is 0 Å². The largest absolute Gasteiger partial charge is 0.338 e. The maximum atomic E-state index is 5.25. The van der Waals surface area contributed by atoms with E-state index in [2.05, 4.69) is 90.5 Å². The van der Waals surface area contributed by atoms with Crippen LogP contribution in [0.15, 0.2) is 91.1 Å². The van der Waals surface area contributed by atoms with Crippen molar-refractivity contribution in [2.45, 2.75) is 40.4 Å². The van der Waals surface area contributed by atoms with Gasteiger partial charge in [-0.05, 0) is 91.0 Å². The standard InChI is InChI=1S/C30H31N2OS4/c1-31-25-17-23(34-4)9-11-27(25)35-29(31)15-19-5-7-21-8-6-20(14-22(21)13-19)16-30-32(2)26-18-24(37-33-3)10-12-28(26)36-30/h9-18,21H,5-8H2,1-4H3/q+1. The highest BCUT2D eigenvalue weighted by molar-refractivity contribution is 8.03. The Morgan fingerprint density at radius 3 is 2.73 bits per heavy atom. The second-order valence-corrected chi connectivity index (χ2v) is 13.7. The second kappa shape index (κ2) is 10.7. The Morgan fingerprint density at radius 1 is 1.05 bits per heavy atom. The minimum absolute atomic E-state index is 0.694. The van der Waals surface area contributed by atoms with Gasteiger partial charge < -0.3 is 9.08 Å². The number of hydrogen-bond donors (Lipinski definition) is 0. The van der Waals surface area contributed by atoms with Crippen molar-refractivity contribution in [3.63, 3.8) is 0 Å². The van der Waals surface area contributed by atoms with Gasteiger partial charge in [0.25, 0.3) is 5.01 Å². The van der Waals surface area contributed by atoms with Crippen LogP contribution >= 0.6 is 46.9 Å². The molecule has 6 rings (SSSR count). The summed E-state index contributed by atoms with van der Waals surface area (Å²) in [5, 5.41) is 2.63. The Hall–Kier alpha value is -1.90. The number of aromatic nitrogens is 1. The van der Waals surface area contributed by atoms with E-state index < -0.39 is 0 Å². The van der Waals surface area contributed by atoms with Crippen molar-refractivity contribution in [3.8, 4) is 0 Å². The monoisotopic (exact) mass is 563 g/mol. The van der Waals surface area contributed by atoms with E-state index in [1.807, 2.05) is 23.1 Å². The third kappa shape index (κ3) is 5.09. The third-order valence-electron chi connectivity index (χ3n) is 7.45. The summed E-state index contributed by atoms with van der Waals surface area (Å²) >= 11 is 6.98. The van der Waals surface area contributed by atoms with Crippen LogP contribution in [0.1, 0.15) is 30.7 Å². The van der Waals surface area contributed by atoms with Crippen LogP contribution in [-0.4, -0.2) is 20.4 Å². The summed E-state index contributed by atoms with van der Waals surface area (Å²) in [6.45, 7) is 0. The highest BCUT2D eigenvalue weighted by atomic mass is 32.2. The van der Waals surface area contributed by atoms with Gasteiger partial charge in [-0.1, -0.05) is 35.3 Å². The van der Waals surface area contributed by atoms with Crippen molar-refractivity contribution in [2.75, 3.05) is 25.3 Å². The first-order chi connectivity index (χ1) is 18.0. The van der Waals surface area contributed by atoms with Gasteiger partial charge in [-0.3, -0.25) is 0 Å². The van der Waals surface area contributed by atoms with Crippen LogP contribution in [0.5, 0.6) is 0 Å². The third-order valence-corrected chi connectivity index (χ3v) is 11.1. The summed E-state index contributed by atoms with van der Waals surface area (Å²) in [6.07, 6.45) is 16.7. The molecule has 1 aliphatic heterocycles. The molecule has 0 bridgehead atoms. The SMILES string of the molecule is COSc1ccc2c(c1)N(C)/C(=C/C1=CC3=C/C(=C/c4sc5ccc(SC)cc5[n+]4C)CCC3CC1)S2. The summed E-state index contributed by atoms with van der Waals surface area (Å²) < 4.78 is 8.96. The van der Waals surface area contributed by atoms with E-state index >= 15 is 0 Å². The Balaban J connectivity index is 1.27. The van der Waals surface area contributed by atoms with Crippen molar-refractivity contribution in [3.05, 3.63) is 81.4 Å². The molecular weight excluding hydrogens is 533 g/mol. The van der Waals surface area contributed by atoms with E-state index in [0.717, 1.165) is 11.3 Å². The number of aryl methyl sites for hydroxylation is 1. The van der Waals surface area contributed by atoms with Gasteiger partial charge in [0.05, 0.1) is 17.8 Å². The van der Waals surface area contributed by atoms with Crippen LogP contribution in [0.4, 0.5) is 5.69 Å². The van der Waals surface area contributed by atoms with Crippen molar-refractivity contribution >= 4 is 68.9 Å². The Labute approximate surface area is 236 Å². The number of nitrogens with zero attached hydrogens (tertiary/aromatic N) is 2. The number of thiazole rings is 1. The summed E-state index contributed by atoms with van der Waals surface area (Å²) in [6, 6.07) is 13.4. The highest BCUT2D eigenvalue weighted by Crippen LogP contribution is 2.47. The molecule has 2 heterocycles. The fraction of sp³-hybridized carbons (Fsp3) is 0.300. The topological polar surface area (TPSA) is 16.4 Å². The molecule has 1 atom stereocenters. The number of benzene rings is 2. The fourth-order valence-corrected chi connectivity index (χ4v) is 8.50. The molecule has 190 valence electrons. The van der Waals surface area contributed by atoms with Gasteiger partial charge in [-0.2, -0.15) is 4.57 Å². The van der Waals surface area contributed by atoms with Crippen LogP contribution in [0, 0.1) is 5.92 Å². The molecule has 0 amide bonds. The molecule has 1 aromatic heterocycles. The molecule has 0 radical (unpaired) electrons. The molecule has 0 spiro atoms. The maximum absolute atomic E-state index is 5.25. The predicted octanol–water partition coefficient (Wildman–Crippen LogP) is 8.62. The van der Waals surface area contributed by atoms with E-state index in [9.17, 15) is 0 Å². The first-order valence-electron chi connectivity index (χ1n) is 12.6. The number of allylic oxidation sites excluding steroid dienone is 6. The number of anilines is 1. The number of hydrogen-bond acceptors (Lipinski definition) is 6. The van der Waals surface area contributed by atoms with Crippen LogP contribution in [0.3, 0.4) is 0 Å². The zero-order chi connectivity index (χ0) is 25.5. The van der Waals surface area contributed by atoms with E-state index in [1.165, 1.54) is 83.8 Å². The Kier molecular flexibility index (Phi) is 7.34.